The number of hydrogen-bond acceptors (Lipinski definition) is 18. The van der Waals surface area contributed by atoms with Gasteiger partial charge in [0.2, 0.25) is 17.7 Å². The highest BCUT2D eigenvalue weighted by Crippen LogP contribution is 2.43. The van der Waals surface area contributed by atoms with Crippen molar-refractivity contribution in [1.82, 2.24) is 58.8 Å². The van der Waals surface area contributed by atoms with Gasteiger partial charge in [0.25, 0.3) is 0 Å². The molecule has 6 aliphatic rings. The highest BCUT2D eigenvalue weighted by Gasteiger charge is 2.47. The molecule has 696 valence electrons. The Balaban J connectivity index is 0.000000256. The molecular weight excluding hydrogens is 1840 g/mol. The molecule has 6 atom stereocenters. The summed E-state index contributed by atoms with van der Waals surface area (Å²) in [5, 5.41) is 29.6. The van der Waals surface area contributed by atoms with E-state index in [2.05, 4.69) is 154 Å². The molecule has 126 heavy (non-hydrogen) atoms. The van der Waals surface area contributed by atoms with Crippen molar-refractivity contribution < 1.29 is 83.2 Å². The van der Waals surface area contributed by atoms with Gasteiger partial charge in [-0.05, 0) is 270 Å². The molecule has 3 unspecified atom stereocenters. The van der Waals surface area contributed by atoms with Gasteiger partial charge < -0.3 is 58.4 Å². The number of halogens is 12. The fourth-order valence-corrected chi connectivity index (χ4v) is 18.5. The van der Waals surface area contributed by atoms with E-state index in [0.717, 1.165) is 125 Å². The predicted octanol–water partition coefficient (Wildman–Crippen LogP) is 18.7. The van der Waals surface area contributed by atoms with Gasteiger partial charge in [-0.1, -0.05) is 121 Å². The third-order valence-corrected chi connectivity index (χ3v) is 26.0. The monoisotopic (exact) mass is 1960 g/mol. The number of hydrogen-bond donors (Lipinski definition) is 3. The number of nitrogens with zero attached hydrogens (tertiary/aromatic N) is 12. The Morgan fingerprint density at radius 1 is 0.365 bits per heavy atom. The van der Waals surface area contributed by atoms with Gasteiger partial charge in [-0.2, -0.15) is 0 Å². The molecule has 3 aromatic carbocycles. The van der Waals surface area contributed by atoms with Crippen LogP contribution in [0.5, 0.6) is 17.2 Å². The van der Waals surface area contributed by atoms with Crippen molar-refractivity contribution in [2.75, 3.05) is 98.2 Å². The lowest BCUT2D eigenvalue weighted by Gasteiger charge is -2.49. The number of ether oxygens (including phenoxy) is 3. The maximum absolute atomic E-state index is 13.7. The number of amides is 3. The summed E-state index contributed by atoms with van der Waals surface area (Å²) in [6, 6.07) is 28.2. The number of benzene rings is 3. The van der Waals surface area contributed by atoms with E-state index in [-0.39, 0.29) is 110 Å². The Bertz CT molecular complexity index is 3900. The molecule has 12 rings (SSSR count). The molecule has 6 fully saturated rings. The van der Waals surface area contributed by atoms with E-state index in [1.54, 1.807) is 75.5 Å². The summed E-state index contributed by atoms with van der Waals surface area (Å²) in [6.45, 7) is 34.6. The third kappa shape index (κ3) is 30.8. The van der Waals surface area contributed by atoms with E-state index in [0.29, 0.717) is 95.9 Å². The Labute approximate surface area is 766 Å². The minimum absolute atomic E-state index is 0. The number of piperazine rings is 3. The second-order valence-electron chi connectivity index (χ2n) is 36.6. The SMILES string of the molecule is C.C.C.CB(O)N1CCC(CC(=O)N2CCN(C(c3ccc(OC(F)(F)F)cc3)c3ccc(Br)cn3)C[C@@H]2C(C)(C)C)CC1.CB(O)N1CCC(CC(=O)N2CCN(C(c3ccc(OC(F)(F)F)cc3)c3ccc(Br)cn3)C[C@@H]2C(C)(C)C)CC1.CB(O)N1CCC(CC(=O)N2CCN(C(c3ccc(OC(F)(F)F)cc3)c3ccc(Br)cn3)C[C@@H]2C(C)(C)C)CC1. The van der Waals surface area contributed by atoms with Gasteiger partial charge in [0.15, 0.2) is 0 Å². The smallest absolute Gasteiger partial charge is 0.437 e. The van der Waals surface area contributed by atoms with Crippen LogP contribution in [-0.2, 0) is 14.4 Å². The zero-order chi connectivity index (χ0) is 89.8. The molecule has 0 spiro atoms. The quantitative estimate of drug-likeness (QED) is 0.0452. The van der Waals surface area contributed by atoms with Crippen molar-refractivity contribution in [3.8, 4) is 17.2 Å². The van der Waals surface area contributed by atoms with E-state index in [4.69, 9.17) is 0 Å². The summed E-state index contributed by atoms with van der Waals surface area (Å²) in [4.78, 5) is 74.0. The van der Waals surface area contributed by atoms with Crippen LogP contribution in [0.25, 0.3) is 0 Å². The van der Waals surface area contributed by atoms with E-state index < -0.39 is 40.2 Å². The summed E-state index contributed by atoms with van der Waals surface area (Å²) in [6.07, 6.45) is -2.29. The first kappa shape index (κ1) is 107. The van der Waals surface area contributed by atoms with E-state index >= 15 is 0 Å². The van der Waals surface area contributed by atoms with Crippen LogP contribution in [0.3, 0.4) is 0 Å². The number of pyridine rings is 3. The molecule has 0 radical (unpaired) electrons. The largest absolute Gasteiger partial charge is 0.573 e. The third-order valence-electron chi connectivity index (χ3n) is 24.6. The highest BCUT2D eigenvalue weighted by atomic mass is 79.9. The molecule has 3 amide bonds. The van der Waals surface area contributed by atoms with Gasteiger partial charge in [-0.15, -0.1) is 39.5 Å². The van der Waals surface area contributed by atoms with Crippen LogP contribution in [0.4, 0.5) is 39.5 Å². The average Bonchev–Trinajstić information content (AvgIpc) is 0.783. The van der Waals surface area contributed by atoms with E-state index in [1.165, 1.54) is 36.4 Å². The minimum atomic E-state index is -4.76. The zero-order valence-electron chi connectivity index (χ0n) is 72.2. The van der Waals surface area contributed by atoms with Crippen molar-refractivity contribution in [3.05, 3.63) is 175 Å². The topological polar surface area (TPSA) is 207 Å². The van der Waals surface area contributed by atoms with Crippen LogP contribution in [0.15, 0.2) is 141 Å². The predicted molar refractivity (Wildman–Crippen MR) is 489 cm³/mol. The average molecular weight is 1970 g/mol. The Kier molecular flexibility index (Phi) is 39.0. The van der Waals surface area contributed by atoms with Gasteiger partial charge in [0, 0.05) is 128 Å². The first-order chi connectivity index (χ1) is 57.6. The van der Waals surface area contributed by atoms with Gasteiger partial charge in [0.1, 0.15) is 17.2 Å². The molecule has 0 saturated carbocycles. The van der Waals surface area contributed by atoms with Crippen LogP contribution in [0, 0.1) is 34.0 Å². The molecule has 0 bridgehead atoms. The van der Waals surface area contributed by atoms with Crippen molar-refractivity contribution in [2.45, 2.75) is 218 Å². The van der Waals surface area contributed by atoms with Crippen LogP contribution < -0.4 is 14.2 Å². The molecule has 21 nitrogen and oxygen atoms in total. The Morgan fingerprint density at radius 3 is 0.754 bits per heavy atom. The second-order valence-corrected chi connectivity index (χ2v) is 39.3. The fraction of sp³-hybridized carbons (Fsp3) is 0.600. The number of piperidine rings is 3. The van der Waals surface area contributed by atoms with Crippen molar-refractivity contribution >= 4 is 86.7 Å². The lowest BCUT2D eigenvalue weighted by Crippen LogP contribution is -2.60. The number of carbonyl (C=O) groups is 3. The Morgan fingerprint density at radius 2 is 0.579 bits per heavy atom. The molecule has 0 aliphatic carbocycles. The second kappa shape index (κ2) is 46.1. The number of aromatic nitrogens is 3. The van der Waals surface area contributed by atoms with E-state index in [9.17, 15) is 69.0 Å². The lowest BCUT2D eigenvalue weighted by atomic mass is 9.80. The molecule has 3 N–H and O–H groups in total. The molecule has 3 aromatic heterocycles. The van der Waals surface area contributed by atoms with Crippen molar-refractivity contribution in [3.63, 3.8) is 0 Å². The fourth-order valence-electron chi connectivity index (χ4n) is 17.8. The summed E-state index contributed by atoms with van der Waals surface area (Å²) >= 11 is 10.3. The lowest BCUT2D eigenvalue weighted by molar-refractivity contribution is -0.275. The van der Waals surface area contributed by atoms with Crippen LogP contribution >= 0.6 is 47.8 Å². The van der Waals surface area contributed by atoms with Crippen molar-refractivity contribution in [2.24, 2.45) is 34.0 Å². The Hall–Kier alpha value is -6.44. The first-order valence-electron chi connectivity index (χ1n) is 42.4. The highest BCUT2D eigenvalue weighted by molar-refractivity contribution is 9.11. The number of carbonyl (C=O) groups excluding carboxylic acids is 3. The maximum Gasteiger partial charge on any atom is 0.573 e. The van der Waals surface area contributed by atoms with Crippen molar-refractivity contribution in [1.29, 1.82) is 0 Å². The van der Waals surface area contributed by atoms with Gasteiger partial charge in [-0.3, -0.25) is 44.0 Å². The molecule has 6 aromatic rings. The van der Waals surface area contributed by atoms with Crippen LogP contribution in [0.1, 0.15) is 194 Å². The number of rotatable bonds is 21. The van der Waals surface area contributed by atoms with E-state index in [1.807, 2.05) is 65.5 Å². The van der Waals surface area contributed by atoms with Crippen LogP contribution in [-0.4, -0.2) is 248 Å². The van der Waals surface area contributed by atoms with Crippen LogP contribution in [0.2, 0.25) is 20.5 Å². The molecule has 9 heterocycles. The maximum atomic E-state index is 13.7. The normalized spacial score (nSPS) is 20.1. The number of alkyl halides is 9. The first-order valence-corrected chi connectivity index (χ1v) is 44.8. The summed E-state index contributed by atoms with van der Waals surface area (Å²) in [5.41, 5.74) is 4.11. The minimum Gasteiger partial charge on any atom is -0.437 e. The summed E-state index contributed by atoms with van der Waals surface area (Å²) in [5.74, 6) is 0.559. The molecule has 36 heteroatoms. The zero-order valence-corrected chi connectivity index (χ0v) is 77.0. The molecule has 6 saturated heterocycles. The van der Waals surface area contributed by atoms with Gasteiger partial charge in [-0.25, -0.2) is 0 Å². The molecule has 6 aliphatic heterocycles. The van der Waals surface area contributed by atoms with Gasteiger partial charge in [0.05, 0.1) is 35.2 Å². The molecular formula is C90H129B3Br3F9N12O9. The van der Waals surface area contributed by atoms with Gasteiger partial charge >= 0.3 is 40.2 Å². The summed E-state index contributed by atoms with van der Waals surface area (Å²) in [7, 11) is -1.40. The summed E-state index contributed by atoms with van der Waals surface area (Å²) < 4.78 is 130. The standard InChI is InChI=1S/3C29H39BBrF3N4O3.3CH4/c3*1-28(2,3)25-19-36(15-16-38(25)26(39)17-20-11-13-37(14-12-20)30(4)40)27(24-10-7-22(31)18-35-24)21-5-8-23(9-6-21)41-29(32,33)34;;;/h3*5-10,18,20,25,27,40H,11-17,19H2,1-4H3;3*1H4/t3*25-,27?;;;/m111.../s1.